The first kappa shape index (κ1) is 16.5. The summed E-state index contributed by atoms with van der Waals surface area (Å²) >= 11 is 0. The Labute approximate surface area is 142 Å². The molecule has 3 rings (SSSR count). The third kappa shape index (κ3) is 4.34. The van der Waals surface area contributed by atoms with Gasteiger partial charge in [-0.25, -0.2) is 0 Å². The van der Waals surface area contributed by atoms with Gasteiger partial charge in [0.05, 0.1) is 13.7 Å². The molecule has 0 aliphatic heterocycles. The van der Waals surface area contributed by atoms with E-state index in [-0.39, 0.29) is 30.6 Å². The fourth-order valence-corrected chi connectivity index (χ4v) is 1.96. The summed E-state index contributed by atoms with van der Waals surface area (Å²) in [5.74, 6) is 2.21. The number of aryl methyl sites for hydroxylation is 1. The molecular formula is C16H16N4O5. The number of hydrogen-bond acceptors (Lipinski definition) is 8. The number of methoxy groups -OCH3 is 1. The lowest BCUT2D eigenvalue weighted by molar-refractivity contribution is 0.0937. The lowest BCUT2D eigenvalue weighted by Crippen LogP contribution is -2.23. The second-order valence-electron chi connectivity index (χ2n) is 5.07. The maximum atomic E-state index is 11.8. The highest BCUT2D eigenvalue weighted by molar-refractivity contribution is 5.92. The van der Waals surface area contributed by atoms with Crippen LogP contribution in [0, 0.1) is 6.92 Å². The Morgan fingerprint density at radius 3 is 2.60 bits per heavy atom. The van der Waals surface area contributed by atoms with E-state index < -0.39 is 0 Å². The van der Waals surface area contributed by atoms with Crippen molar-refractivity contribution in [3.05, 3.63) is 53.5 Å². The highest BCUT2D eigenvalue weighted by atomic mass is 16.5. The van der Waals surface area contributed by atoms with Crippen LogP contribution in [0.15, 0.2) is 39.4 Å². The van der Waals surface area contributed by atoms with Crippen molar-refractivity contribution >= 4 is 5.91 Å². The van der Waals surface area contributed by atoms with E-state index in [1.165, 1.54) is 6.07 Å². The summed E-state index contributed by atoms with van der Waals surface area (Å²) in [6.07, 6.45) is 0. The van der Waals surface area contributed by atoms with E-state index in [0.717, 1.165) is 5.75 Å². The van der Waals surface area contributed by atoms with E-state index in [0.29, 0.717) is 17.3 Å². The van der Waals surface area contributed by atoms with E-state index in [4.69, 9.17) is 18.5 Å². The molecule has 0 saturated heterocycles. The van der Waals surface area contributed by atoms with E-state index in [1.54, 1.807) is 38.3 Å². The first-order valence-electron chi connectivity index (χ1n) is 7.44. The number of benzene rings is 1. The molecule has 1 amide bonds. The molecule has 0 fully saturated rings. The molecule has 0 aliphatic rings. The lowest BCUT2D eigenvalue weighted by Gasteiger charge is -2.04. The van der Waals surface area contributed by atoms with Crippen molar-refractivity contribution in [2.75, 3.05) is 7.11 Å². The van der Waals surface area contributed by atoms with Gasteiger partial charge in [-0.3, -0.25) is 4.79 Å². The monoisotopic (exact) mass is 344 g/mol. The van der Waals surface area contributed by atoms with Gasteiger partial charge < -0.3 is 23.8 Å². The largest absolute Gasteiger partial charge is 0.497 e. The molecule has 0 aliphatic carbocycles. The number of nitrogens with one attached hydrogen (secondary N) is 1. The predicted octanol–water partition coefficient (Wildman–Crippen LogP) is 1.88. The summed E-state index contributed by atoms with van der Waals surface area (Å²) in [6, 6.07) is 8.67. The first-order chi connectivity index (χ1) is 12.1. The Bertz CT molecular complexity index is 840. The maximum Gasteiger partial charge on any atom is 0.273 e. The van der Waals surface area contributed by atoms with Crippen LogP contribution in [0.5, 0.6) is 11.5 Å². The number of carbonyl (C=O) groups is 1. The van der Waals surface area contributed by atoms with E-state index in [2.05, 4.69) is 20.6 Å². The topological polar surface area (TPSA) is 113 Å². The van der Waals surface area contributed by atoms with Crippen molar-refractivity contribution in [3.8, 4) is 11.5 Å². The summed E-state index contributed by atoms with van der Waals surface area (Å²) in [5.41, 5.74) is 0.195. The third-order valence-corrected chi connectivity index (χ3v) is 3.20. The molecule has 0 radical (unpaired) electrons. The van der Waals surface area contributed by atoms with Crippen LogP contribution in [-0.4, -0.2) is 28.3 Å². The van der Waals surface area contributed by atoms with Crippen LogP contribution in [0.3, 0.4) is 0 Å². The number of rotatable bonds is 7. The first-order valence-corrected chi connectivity index (χ1v) is 7.44. The normalized spacial score (nSPS) is 10.5. The van der Waals surface area contributed by atoms with Crippen molar-refractivity contribution < 1.29 is 23.3 Å². The molecule has 0 bridgehead atoms. The number of ether oxygens (including phenoxy) is 2. The van der Waals surface area contributed by atoms with Gasteiger partial charge in [-0.05, 0) is 31.2 Å². The zero-order valence-electron chi connectivity index (χ0n) is 13.7. The molecule has 0 atom stereocenters. The number of aromatic nitrogens is 3. The molecule has 9 heteroatoms. The summed E-state index contributed by atoms with van der Waals surface area (Å²) < 4.78 is 20.5. The summed E-state index contributed by atoms with van der Waals surface area (Å²) in [6.45, 7) is 1.93. The molecule has 9 nitrogen and oxygen atoms in total. The van der Waals surface area contributed by atoms with E-state index in [1.807, 2.05) is 0 Å². The second kappa shape index (κ2) is 7.47. The molecule has 2 heterocycles. The third-order valence-electron chi connectivity index (χ3n) is 3.20. The van der Waals surface area contributed by atoms with Crippen molar-refractivity contribution in [2.24, 2.45) is 0 Å². The quantitative estimate of drug-likeness (QED) is 0.691. The van der Waals surface area contributed by atoms with Gasteiger partial charge >= 0.3 is 0 Å². The van der Waals surface area contributed by atoms with Gasteiger partial charge in [-0.2, -0.15) is 4.98 Å². The Morgan fingerprint density at radius 2 is 1.92 bits per heavy atom. The summed E-state index contributed by atoms with van der Waals surface area (Å²) in [5, 5.41) is 10.0. The molecule has 3 aromatic rings. The van der Waals surface area contributed by atoms with Gasteiger partial charge in [0, 0.05) is 6.07 Å². The van der Waals surface area contributed by atoms with Crippen LogP contribution in [-0.2, 0) is 13.2 Å². The van der Waals surface area contributed by atoms with Crippen LogP contribution in [0.25, 0.3) is 0 Å². The van der Waals surface area contributed by atoms with E-state index >= 15 is 0 Å². The number of hydrogen-bond donors (Lipinski definition) is 1. The molecular weight excluding hydrogens is 328 g/mol. The zero-order chi connectivity index (χ0) is 17.6. The van der Waals surface area contributed by atoms with Crippen LogP contribution >= 0.6 is 0 Å². The smallest absolute Gasteiger partial charge is 0.273 e. The van der Waals surface area contributed by atoms with Gasteiger partial charge in [0.2, 0.25) is 11.7 Å². The van der Waals surface area contributed by atoms with Gasteiger partial charge in [-0.15, -0.1) is 0 Å². The Morgan fingerprint density at radius 1 is 1.16 bits per heavy atom. The Balaban J connectivity index is 1.49. The van der Waals surface area contributed by atoms with Crippen molar-refractivity contribution in [2.45, 2.75) is 20.1 Å². The minimum absolute atomic E-state index is 0.0836. The summed E-state index contributed by atoms with van der Waals surface area (Å²) in [4.78, 5) is 16.0. The number of nitrogens with zero attached hydrogens (tertiary/aromatic N) is 3. The van der Waals surface area contributed by atoms with Crippen LogP contribution in [0.2, 0.25) is 0 Å². The van der Waals surface area contributed by atoms with Crippen molar-refractivity contribution in [1.29, 1.82) is 0 Å². The minimum Gasteiger partial charge on any atom is -0.497 e. The minimum atomic E-state index is -0.383. The van der Waals surface area contributed by atoms with Crippen molar-refractivity contribution in [1.82, 2.24) is 20.6 Å². The second-order valence-corrected chi connectivity index (χ2v) is 5.07. The molecule has 130 valence electrons. The number of amides is 1. The SMILES string of the molecule is COc1ccc(OCc2noc(CNC(=O)c3cc(C)on3)n2)cc1. The molecule has 2 aromatic heterocycles. The molecule has 0 spiro atoms. The van der Waals surface area contributed by atoms with Crippen LogP contribution in [0.4, 0.5) is 0 Å². The highest BCUT2D eigenvalue weighted by Crippen LogP contribution is 2.17. The standard InChI is InChI=1S/C16H16N4O5/c1-10-7-13(19-24-10)16(21)17-8-15-18-14(20-25-15)9-23-12-5-3-11(22-2)4-6-12/h3-7H,8-9H2,1-2H3,(H,17,21). The van der Waals surface area contributed by atoms with Gasteiger partial charge in [0.25, 0.3) is 5.91 Å². The summed E-state index contributed by atoms with van der Waals surface area (Å²) in [7, 11) is 1.60. The lowest BCUT2D eigenvalue weighted by atomic mass is 10.3. The molecule has 1 aromatic carbocycles. The molecule has 25 heavy (non-hydrogen) atoms. The Hall–Kier alpha value is -3.36. The Kier molecular flexibility index (Phi) is 4.93. The average Bonchev–Trinajstić information content (AvgIpc) is 3.27. The fraction of sp³-hybridized carbons (Fsp3) is 0.250. The van der Waals surface area contributed by atoms with Crippen LogP contribution < -0.4 is 14.8 Å². The maximum absolute atomic E-state index is 11.8. The van der Waals surface area contributed by atoms with Gasteiger partial charge in [-0.1, -0.05) is 10.3 Å². The highest BCUT2D eigenvalue weighted by Gasteiger charge is 2.13. The van der Waals surface area contributed by atoms with E-state index in [9.17, 15) is 4.79 Å². The molecule has 1 N–H and O–H groups in total. The van der Waals surface area contributed by atoms with Crippen molar-refractivity contribution in [3.63, 3.8) is 0 Å². The predicted molar refractivity (Wildman–Crippen MR) is 84.0 cm³/mol. The molecule has 0 saturated carbocycles. The van der Waals surface area contributed by atoms with Gasteiger partial charge in [0.1, 0.15) is 17.3 Å². The van der Waals surface area contributed by atoms with Gasteiger partial charge in [0.15, 0.2) is 12.3 Å². The molecule has 0 unspecified atom stereocenters. The average molecular weight is 344 g/mol. The zero-order valence-corrected chi connectivity index (χ0v) is 13.7. The number of carbonyl (C=O) groups excluding carboxylic acids is 1. The van der Waals surface area contributed by atoms with Crippen LogP contribution in [0.1, 0.15) is 28.0 Å². The fourth-order valence-electron chi connectivity index (χ4n) is 1.96.